The zero-order chi connectivity index (χ0) is 14.7. The van der Waals surface area contributed by atoms with E-state index in [0.717, 1.165) is 30.8 Å². The fraction of sp³-hybridized carbons (Fsp3) is 0.571. The lowest BCUT2D eigenvalue weighted by Crippen LogP contribution is -2.28. The summed E-state index contributed by atoms with van der Waals surface area (Å²) in [7, 11) is 0. The van der Waals surface area contributed by atoms with E-state index in [1.807, 2.05) is 11.0 Å². The van der Waals surface area contributed by atoms with E-state index >= 15 is 0 Å². The van der Waals surface area contributed by atoms with Gasteiger partial charge in [-0.05, 0) is 25.8 Å². The molecule has 1 aromatic rings. The molecule has 0 spiro atoms. The molecule has 2 rings (SSSR count). The summed E-state index contributed by atoms with van der Waals surface area (Å²) in [6.45, 7) is 4.12. The molecule has 1 aliphatic heterocycles. The van der Waals surface area contributed by atoms with Gasteiger partial charge in [0.2, 0.25) is 5.91 Å². The Morgan fingerprint density at radius 3 is 2.85 bits per heavy atom. The lowest BCUT2D eigenvalue weighted by atomic mass is 10.1. The average molecular weight is 277 g/mol. The molecule has 108 valence electrons. The van der Waals surface area contributed by atoms with Crippen LogP contribution >= 0.6 is 0 Å². The first-order chi connectivity index (χ1) is 9.47. The van der Waals surface area contributed by atoms with Crippen molar-refractivity contribution in [2.24, 2.45) is 0 Å². The summed E-state index contributed by atoms with van der Waals surface area (Å²) in [5.41, 5.74) is 1.55. The Hall–Kier alpha value is -1.98. The molecule has 1 saturated heterocycles. The molecule has 2 heterocycles. The summed E-state index contributed by atoms with van der Waals surface area (Å²) in [5, 5.41) is 8.74. The minimum Gasteiger partial charge on any atom is -0.481 e. The number of carboxylic acid groups (broad SMARTS) is 1. The summed E-state index contributed by atoms with van der Waals surface area (Å²) >= 11 is 0. The fourth-order valence-electron chi connectivity index (χ4n) is 2.64. The highest BCUT2D eigenvalue weighted by atomic mass is 16.4. The number of carbonyl (C=O) groups excluding carboxylic acids is 1. The monoisotopic (exact) mass is 277 g/mol. The third kappa shape index (κ3) is 3.31. The van der Waals surface area contributed by atoms with Crippen molar-refractivity contribution in [1.82, 2.24) is 14.9 Å². The van der Waals surface area contributed by atoms with Crippen LogP contribution < -0.4 is 0 Å². The molecule has 1 aliphatic rings. The Kier molecular flexibility index (Phi) is 4.32. The van der Waals surface area contributed by atoms with Crippen molar-refractivity contribution in [2.45, 2.75) is 45.6 Å². The van der Waals surface area contributed by atoms with Crippen LogP contribution in [0, 0.1) is 6.92 Å². The molecule has 0 aliphatic carbocycles. The van der Waals surface area contributed by atoms with Gasteiger partial charge < -0.3 is 10.0 Å². The van der Waals surface area contributed by atoms with Crippen molar-refractivity contribution in [3.63, 3.8) is 0 Å². The summed E-state index contributed by atoms with van der Waals surface area (Å²) in [5.74, 6) is -0.164. The molecule has 20 heavy (non-hydrogen) atoms. The maximum absolute atomic E-state index is 11.6. The van der Waals surface area contributed by atoms with Gasteiger partial charge in [0.1, 0.15) is 5.82 Å². The quantitative estimate of drug-likeness (QED) is 0.901. The number of likely N-dealkylation sites (tertiary alicyclic amines) is 1. The zero-order valence-corrected chi connectivity index (χ0v) is 11.8. The van der Waals surface area contributed by atoms with E-state index < -0.39 is 5.97 Å². The minimum absolute atomic E-state index is 0.00206. The van der Waals surface area contributed by atoms with Crippen molar-refractivity contribution in [3.8, 4) is 0 Å². The normalized spacial score (nSPS) is 18.3. The maximum Gasteiger partial charge on any atom is 0.303 e. The van der Waals surface area contributed by atoms with E-state index in [4.69, 9.17) is 5.11 Å². The Balaban J connectivity index is 2.23. The van der Waals surface area contributed by atoms with Gasteiger partial charge >= 0.3 is 5.97 Å². The first kappa shape index (κ1) is 14.4. The van der Waals surface area contributed by atoms with Crippen molar-refractivity contribution >= 4 is 11.9 Å². The number of nitrogens with zero attached hydrogens (tertiary/aromatic N) is 3. The second-order valence-corrected chi connectivity index (χ2v) is 5.10. The van der Waals surface area contributed by atoms with Gasteiger partial charge in [0.25, 0.3) is 0 Å². The Morgan fingerprint density at radius 1 is 1.45 bits per heavy atom. The van der Waals surface area contributed by atoms with E-state index in [1.54, 1.807) is 13.8 Å². The lowest BCUT2D eigenvalue weighted by molar-refractivity contribution is -0.137. The molecule has 0 aromatic carbocycles. The van der Waals surface area contributed by atoms with Crippen LogP contribution in [0.3, 0.4) is 0 Å². The van der Waals surface area contributed by atoms with Crippen molar-refractivity contribution in [2.75, 3.05) is 6.54 Å². The van der Waals surface area contributed by atoms with Gasteiger partial charge in [0, 0.05) is 25.6 Å². The van der Waals surface area contributed by atoms with Gasteiger partial charge in [-0.1, -0.05) is 0 Å². The number of aryl methyl sites for hydroxylation is 2. The van der Waals surface area contributed by atoms with Crippen LogP contribution in [0.2, 0.25) is 0 Å². The van der Waals surface area contributed by atoms with Crippen molar-refractivity contribution in [1.29, 1.82) is 0 Å². The van der Waals surface area contributed by atoms with Crippen molar-refractivity contribution in [3.05, 3.63) is 23.3 Å². The predicted molar refractivity (Wildman–Crippen MR) is 72.1 cm³/mol. The highest BCUT2D eigenvalue weighted by Crippen LogP contribution is 2.31. The molecule has 1 amide bonds. The molecule has 6 heteroatoms. The minimum atomic E-state index is -0.839. The highest BCUT2D eigenvalue weighted by Gasteiger charge is 2.29. The van der Waals surface area contributed by atoms with Gasteiger partial charge in [-0.3, -0.25) is 9.59 Å². The van der Waals surface area contributed by atoms with Crippen LogP contribution in [0.15, 0.2) is 6.07 Å². The predicted octanol–water partition coefficient (Wildman–Crippen LogP) is 1.49. The lowest BCUT2D eigenvalue weighted by Gasteiger charge is -2.23. The molecule has 0 bridgehead atoms. The fourth-order valence-corrected chi connectivity index (χ4v) is 2.64. The number of aliphatic carboxylic acids is 1. The number of aromatic nitrogens is 2. The van der Waals surface area contributed by atoms with Gasteiger partial charge in [-0.2, -0.15) is 0 Å². The number of hydrogen-bond acceptors (Lipinski definition) is 4. The average Bonchev–Trinajstić information content (AvgIpc) is 2.85. The summed E-state index contributed by atoms with van der Waals surface area (Å²) in [6, 6.07) is 1.83. The first-order valence-electron chi connectivity index (χ1n) is 6.81. The number of amides is 1. The van der Waals surface area contributed by atoms with Crippen LogP contribution in [0.1, 0.15) is 49.4 Å². The van der Waals surface area contributed by atoms with Gasteiger partial charge in [0.15, 0.2) is 0 Å². The Bertz CT molecular complexity index is 530. The Labute approximate surface area is 117 Å². The van der Waals surface area contributed by atoms with Crippen LogP contribution in [-0.4, -0.2) is 38.4 Å². The van der Waals surface area contributed by atoms with Gasteiger partial charge in [-0.25, -0.2) is 9.97 Å². The van der Waals surface area contributed by atoms with Crippen LogP contribution in [-0.2, 0) is 16.0 Å². The van der Waals surface area contributed by atoms with Crippen LogP contribution in [0.5, 0.6) is 0 Å². The third-order valence-electron chi connectivity index (χ3n) is 3.50. The standard InChI is InChI=1S/C14H19N3O3/c1-9-15-11(5-6-14(19)20)8-12(16-9)13-4-3-7-17(13)10(2)18/h8,13H,3-7H2,1-2H3,(H,19,20). The SMILES string of the molecule is CC(=O)N1CCCC1c1cc(CCC(=O)O)nc(C)n1. The second kappa shape index (κ2) is 5.98. The molecule has 1 unspecified atom stereocenters. The van der Waals surface area contributed by atoms with E-state index in [0.29, 0.717) is 12.2 Å². The summed E-state index contributed by atoms with van der Waals surface area (Å²) < 4.78 is 0. The number of carboxylic acids is 1. The molecule has 1 atom stereocenters. The highest BCUT2D eigenvalue weighted by molar-refractivity contribution is 5.74. The Morgan fingerprint density at radius 2 is 2.20 bits per heavy atom. The van der Waals surface area contributed by atoms with Crippen molar-refractivity contribution < 1.29 is 14.7 Å². The molecular formula is C14H19N3O3. The zero-order valence-electron chi connectivity index (χ0n) is 11.8. The molecule has 6 nitrogen and oxygen atoms in total. The molecule has 0 radical (unpaired) electrons. The van der Waals surface area contributed by atoms with E-state index in [2.05, 4.69) is 9.97 Å². The first-order valence-corrected chi connectivity index (χ1v) is 6.81. The largest absolute Gasteiger partial charge is 0.481 e. The number of rotatable bonds is 4. The van der Waals surface area contributed by atoms with Crippen LogP contribution in [0.25, 0.3) is 0 Å². The van der Waals surface area contributed by atoms with E-state index in [9.17, 15) is 9.59 Å². The molecular weight excluding hydrogens is 258 g/mol. The molecule has 1 fully saturated rings. The summed E-state index contributed by atoms with van der Waals surface area (Å²) in [6.07, 6.45) is 2.31. The third-order valence-corrected chi connectivity index (χ3v) is 3.50. The topological polar surface area (TPSA) is 83.4 Å². The smallest absolute Gasteiger partial charge is 0.303 e. The molecule has 1 aromatic heterocycles. The van der Waals surface area contributed by atoms with E-state index in [1.165, 1.54) is 0 Å². The van der Waals surface area contributed by atoms with E-state index in [-0.39, 0.29) is 18.4 Å². The maximum atomic E-state index is 11.6. The molecule has 0 saturated carbocycles. The number of hydrogen-bond donors (Lipinski definition) is 1. The number of carbonyl (C=O) groups is 2. The summed E-state index contributed by atoms with van der Waals surface area (Å²) in [4.78, 5) is 32.8. The van der Waals surface area contributed by atoms with Gasteiger partial charge in [-0.15, -0.1) is 0 Å². The second-order valence-electron chi connectivity index (χ2n) is 5.10. The van der Waals surface area contributed by atoms with Crippen LogP contribution in [0.4, 0.5) is 0 Å². The van der Waals surface area contributed by atoms with Gasteiger partial charge in [0.05, 0.1) is 18.2 Å². The molecule has 1 N–H and O–H groups in total.